The van der Waals surface area contributed by atoms with Crippen LogP contribution in [0.15, 0.2) is 46.4 Å². The molecule has 2 aliphatic heterocycles. The minimum atomic E-state index is -0.582. The highest BCUT2D eigenvalue weighted by molar-refractivity contribution is 5.19. The molecule has 5 heterocycles. The van der Waals surface area contributed by atoms with Gasteiger partial charge in [0.2, 0.25) is 0 Å². The van der Waals surface area contributed by atoms with Crippen LogP contribution in [-0.4, -0.2) is 47.1 Å². The lowest BCUT2D eigenvalue weighted by atomic mass is 9.85. The van der Waals surface area contributed by atoms with Crippen LogP contribution in [-0.2, 0) is 32.1 Å². The highest BCUT2D eigenvalue weighted by Crippen LogP contribution is 2.40. The lowest BCUT2D eigenvalue weighted by molar-refractivity contribution is 0.298. The molecule has 5 rings (SSSR count). The summed E-state index contributed by atoms with van der Waals surface area (Å²) >= 11 is 0. The Hall–Kier alpha value is -3.07. The molecular weight excluding hydrogens is 370 g/mol. The van der Waals surface area contributed by atoms with Gasteiger partial charge in [0.05, 0.1) is 18.4 Å². The first-order valence-corrected chi connectivity index (χ1v) is 9.86. The van der Waals surface area contributed by atoms with Crippen molar-refractivity contribution in [2.45, 2.75) is 37.9 Å². The van der Waals surface area contributed by atoms with E-state index in [9.17, 15) is 9.59 Å². The van der Waals surface area contributed by atoms with Gasteiger partial charge in [0.25, 0.3) is 0 Å². The third-order valence-electron chi connectivity index (χ3n) is 6.06. The third kappa shape index (κ3) is 3.11. The Balaban J connectivity index is 1.46. The van der Waals surface area contributed by atoms with Crippen LogP contribution in [0.3, 0.4) is 0 Å². The fraction of sp³-hybridized carbons (Fsp3) is 0.450. The van der Waals surface area contributed by atoms with Gasteiger partial charge in [-0.05, 0) is 31.5 Å². The highest BCUT2D eigenvalue weighted by atomic mass is 16.2. The van der Waals surface area contributed by atoms with Crippen LogP contribution in [0.4, 0.5) is 0 Å². The fourth-order valence-electron chi connectivity index (χ4n) is 4.62. The maximum Gasteiger partial charge on any atom is 0.332 e. The monoisotopic (exact) mass is 393 g/mol. The molecule has 0 unspecified atom stereocenters. The lowest BCUT2D eigenvalue weighted by Gasteiger charge is -2.23. The number of nitrogens with zero attached hydrogens (tertiary/aromatic N) is 7. The molecule has 150 valence electrons. The number of aryl methyl sites for hydroxylation is 1. The summed E-state index contributed by atoms with van der Waals surface area (Å²) in [6.45, 7) is 3.35. The molecule has 9 heteroatoms. The van der Waals surface area contributed by atoms with Gasteiger partial charge in [0.15, 0.2) is 0 Å². The van der Waals surface area contributed by atoms with Gasteiger partial charge in [0, 0.05) is 50.1 Å². The zero-order valence-electron chi connectivity index (χ0n) is 16.4. The van der Waals surface area contributed by atoms with Crippen LogP contribution < -0.4 is 11.1 Å². The Morgan fingerprint density at radius 3 is 2.72 bits per heavy atom. The molecule has 29 heavy (non-hydrogen) atoms. The van der Waals surface area contributed by atoms with Crippen LogP contribution in [0, 0.1) is 0 Å². The maximum atomic E-state index is 12.7. The summed E-state index contributed by atoms with van der Waals surface area (Å²) in [5.41, 5.74) is 0.646. The van der Waals surface area contributed by atoms with Crippen LogP contribution >= 0.6 is 0 Å². The summed E-state index contributed by atoms with van der Waals surface area (Å²) in [5, 5.41) is 8.92. The molecule has 0 aliphatic carbocycles. The first kappa shape index (κ1) is 18.0. The second-order valence-electron chi connectivity index (χ2n) is 8.08. The molecule has 0 saturated carbocycles. The van der Waals surface area contributed by atoms with Crippen molar-refractivity contribution in [3.05, 3.63) is 74.6 Å². The van der Waals surface area contributed by atoms with Gasteiger partial charge in [-0.15, -0.1) is 0 Å². The van der Waals surface area contributed by atoms with Gasteiger partial charge < -0.3 is 0 Å². The molecule has 1 spiro atoms. The first-order valence-electron chi connectivity index (χ1n) is 9.86. The summed E-state index contributed by atoms with van der Waals surface area (Å²) in [6, 6.07) is 5.52. The standard InChI is InChI=1S/C20H23N7O2/c1-24-11-15(10-22-24)12-25-8-5-20(14-25)6-9-26-17(28)18(29)27(23-19(20)26)13-16-4-2-3-7-21-16/h2-4,7,10-11H,5-6,8-9,12-14H2,1H3/t20-/m1/s1. The van der Waals surface area contributed by atoms with Gasteiger partial charge in [0.1, 0.15) is 5.82 Å². The van der Waals surface area contributed by atoms with E-state index in [0.717, 1.165) is 38.3 Å². The van der Waals surface area contributed by atoms with E-state index in [-0.39, 0.29) is 12.0 Å². The van der Waals surface area contributed by atoms with Crippen LogP contribution in [0.2, 0.25) is 0 Å². The van der Waals surface area contributed by atoms with Crippen molar-refractivity contribution >= 4 is 0 Å². The summed E-state index contributed by atoms with van der Waals surface area (Å²) < 4.78 is 4.68. The van der Waals surface area contributed by atoms with E-state index in [1.54, 1.807) is 10.8 Å². The highest BCUT2D eigenvalue weighted by Gasteiger charge is 2.47. The summed E-state index contributed by atoms with van der Waals surface area (Å²) in [6.07, 6.45) is 7.37. The fourth-order valence-corrected chi connectivity index (χ4v) is 4.62. The Kier molecular flexibility index (Phi) is 4.20. The molecule has 2 aliphatic rings. The van der Waals surface area contributed by atoms with E-state index in [1.165, 1.54) is 10.2 Å². The van der Waals surface area contributed by atoms with Gasteiger partial charge >= 0.3 is 11.1 Å². The second-order valence-corrected chi connectivity index (χ2v) is 8.08. The molecule has 0 aromatic carbocycles. The Bertz CT molecular complexity index is 1160. The Morgan fingerprint density at radius 2 is 1.97 bits per heavy atom. The van der Waals surface area contributed by atoms with Gasteiger partial charge in [-0.3, -0.25) is 28.7 Å². The van der Waals surface area contributed by atoms with Crippen molar-refractivity contribution < 1.29 is 0 Å². The minimum absolute atomic E-state index is 0.180. The number of hydrogen-bond donors (Lipinski definition) is 0. The summed E-state index contributed by atoms with van der Waals surface area (Å²) in [5.74, 6) is 0.742. The molecule has 3 aromatic heterocycles. The van der Waals surface area contributed by atoms with Crippen molar-refractivity contribution in [2.24, 2.45) is 7.05 Å². The average molecular weight is 393 g/mol. The Labute approximate surface area is 167 Å². The molecular formula is C20H23N7O2. The van der Waals surface area contributed by atoms with Crippen molar-refractivity contribution in [1.82, 2.24) is 34.0 Å². The van der Waals surface area contributed by atoms with Crippen LogP contribution in [0.1, 0.15) is 29.9 Å². The minimum Gasteiger partial charge on any atom is -0.298 e. The van der Waals surface area contributed by atoms with Crippen molar-refractivity contribution in [3.63, 3.8) is 0 Å². The van der Waals surface area contributed by atoms with Crippen molar-refractivity contribution in [2.75, 3.05) is 13.1 Å². The number of aromatic nitrogens is 6. The molecule has 0 bridgehead atoms. The van der Waals surface area contributed by atoms with Gasteiger partial charge in [-0.2, -0.15) is 10.2 Å². The predicted octanol–water partition coefficient (Wildman–Crippen LogP) is 0.129. The smallest absolute Gasteiger partial charge is 0.298 e. The quantitative estimate of drug-likeness (QED) is 0.585. The zero-order valence-corrected chi connectivity index (χ0v) is 16.4. The predicted molar refractivity (Wildman–Crippen MR) is 105 cm³/mol. The van der Waals surface area contributed by atoms with Crippen LogP contribution in [0.25, 0.3) is 0 Å². The van der Waals surface area contributed by atoms with E-state index in [2.05, 4.69) is 20.1 Å². The molecule has 0 amide bonds. The van der Waals surface area contributed by atoms with E-state index >= 15 is 0 Å². The molecule has 0 radical (unpaired) electrons. The topological polar surface area (TPSA) is 90.8 Å². The number of fused-ring (bicyclic) bond motifs is 2. The van der Waals surface area contributed by atoms with E-state index < -0.39 is 11.1 Å². The van der Waals surface area contributed by atoms with E-state index in [0.29, 0.717) is 12.2 Å². The average Bonchev–Trinajstić information content (AvgIpc) is 3.41. The second kappa shape index (κ2) is 6.77. The van der Waals surface area contributed by atoms with Gasteiger partial charge in [-0.25, -0.2) is 4.68 Å². The molecule has 3 aromatic rings. The normalized spacial score (nSPS) is 21.1. The SMILES string of the molecule is Cn1cc(CN2CC[C@@]3(CCn4c3nn(Cc3ccccn3)c(=O)c4=O)C2)cn1. The Morgan fingerprint density at radius 1 is 1.10 bits per heavy atom. The molecule has 1 fully saturated rings. The van der Waals surface area contributed by atoms with Gasteiger partial charge in [-0.1, -0.05) is 6.07 Å². The zero-order chi connectivity index (χ0) is 20.0. The number of hydrogen-bond acceptors (Lipinski definition) is 6. The lowest BCUT2D eigenvalue weighted by Crippen LogP contribution is -2.45. The first-order chi connectivity index (χ1) is 14.0. The largest absolute Gasteiger partial charge is 0.332 e. The molecule has 9 nitrogen and oxygen atoms in total. The number of pyridine rings is 1. The number of likely N-dealkylation sites (tertiary alicyclic amines) is 1. The van der Waals surface area contributed by atoms with Crippen LogP contribution in [0.5, 0.6) is 0 Å². The van der Waals surface area contributed by atoms with Crippen molar-refractivity contribution in [1.29, 1.82) is 0 Å². The summed E-state index contributed by atoms with van der Waals surface area (Å²) in [4.78, 5) is 31.9. The van der Waals surface area contributed by atoms with Crippen molar-refractivity contribution in [3.8, 4) is 0 Å². The molecule has 1 atom stereocenters. The third-order valence-corrected chi connectivity index (χ3v) is 6.06. The maximum absolute atomic E-state index is 12.7. The molecule has 0 N–H and O–H groups in total. The number of rotatable bonds is 4. The van der Waals surface area contributed by atoms with E-state index in [1.807, 2.05) is 42.3 Å². The molecule has 1 saturated heterocycles. The summed E-state index contributed by atoms with van der Waals surface area (Å²) in [7, 11) is 1.92. The van der Waals surface area contributed by atoms with E-state index in [4.69, 9.17) is 0 Å².